The van der Waals surface area contributed by atoms with Gasteiger partial charge in [0.15, 0.2) is 0 Å². The molecule has 0 heterocycles. The molecule has 0 aliphatic carbocycles. The van der Waals surface area contributed by atoms with Crippen molar-refractivity contribution in [1.29, 1.82) is 0 Å². The van der Waals surface area contributed by atoms with Gasteiger partial charge in [0, 0.05) is 0 Å². The predicted molar refractivity (Wildman–Crippen MR) is 101 cm³/mol. The summed E-state index contributed by atoms with van der Waals surface area (Å²) in [6, 6.07) is 0. The molecule has 4 unspecified atom stereocenters. The topological polar surface area (TPSA) is 232 Å². The summed E-state index contributed by atoms with van der Waals surface area (Å²) >= 11 is 0. The molecule has 30 heavy (non-hydrogen) atoms. The van der Waals surface area contributed by atoms with Crippen LogP contribution in [0.1, 0.15) is 41.5 Å². The van der Waals surface area contributed by atoms with Crippen LogP contribution in [0.15, 0.2) is 0 Å². The van der Waals surface area contributed by atoms with Gasteiger partial charge in [-0.25, -0.2) is 0 Å². The van der Waals surface area contributed by atoms with E-state index >= 15 is 0 Å². The first-order valence-electron chi connectivity index (χ1n) is 8.36. The summed E-state index contributed by atoms with van der Waals surface area (Å²) in [5, 5.41) is -3.29. The zero-order valence-electron chi connectivity index (χ0n) is 17.7. The van der Waals surface area contributed by atoms with Crippen molar-refractivity contribution in [2.45, 2.75) is 52.3 Å². The molecule has 0 aromatic carbocycles. The van der Waals surface area contributed by atoms with Gasteiger partial charge in [-0.05, 0) is 41.5 Å². The largest absolute Gasteiger partial charge is 2.00 e. The number of hydrogen-bond acceptors (Lipinski definition) is 13. The van der Waals surface area contributed by atoms with E-state index in [0.717, 1.165) is 13.8 Å². The monoisotopic (exact) mass is 700 g/mol. The second-order valence-corrected chi connectivity index (χ2v) is 14.4. The van der Waals surface area contributed by atoms with Crippen LogP contribution in [0.5, 0.6) is 0 Å². The van der Waals surface area contributed by atoms with Crippen molar-refractivity contribution in [3.05, 3.63) is 0 Å². The Hall–Kier alpha value is 1.25. The summed E-state index contributed by atoms with van der Waals surface area (Å²) < 4.78 is 62.3. The molecule has 3 N–H and O–H groups in total. The van der Waals surface area contributed by atoms with Crippen molar-refractivity contribution in [3.8, 4) is 0 Å². The van der Waals surface area contributed by atoms with Gasteiger partial charge in [0.25, 0.3) is 0 Å². The summed E-state index contributed by atoms with van der Waals surface area (Å²) in [5.41, 5.74) is 0. The quantitative estimate of drug-likeness (QED) is 0.282. The fourth-order valence-corrected chi connectivity index (χ4v) is 7.37. The van der Waals surface area contributed by atoms with Crippen molar-refractivity contribution >= 4 is 30.4 Å². The molecule has 0 radical (unpaired) electrons. The minimum Gasteiger partial charge on any atom is -0.778 e. The maximum Gasteiger partial charge on any atom is 2.00 e. The normalized spacial score (nSPS) is 20.9. The van der Waals surface area contributed by atoms with Crippen LogP contribution in [0.2, 0.25) is 0 Å². The van der Waals surface area contributed by atoms with Gasteiger partial charge in [-0.3, -0.25) is 0 Å². The molecular weight excluding hydrogens is 669 g/mol. The van der Waals surface area contributed by atoms with E-state index in [-0.39, 0.29) is 53.6 Å². The van der Waals surface area contributed by atoms with Crippen LogP contribution >= 0.6 is 30.4 Å². The van der Waals surface area contributed by atoms with Crippen LogP contribution in [0, 0.1) is 0 Å². The fraction of sp³-hybridized carbons (Fsp3) is 1.00. The molecule has 0 saturated carbocycles. The van der Waals surface area contributed by atoms with Gasteiger partial charge >= 0.3 is 21.1 Å². The molecule has 0 amide bonds. The average Bonchev–Trinajstić information content (AvgIpc) is 2.53. The van der Waals surface area contributed by atoms with E-state index in [1.54, 1.807) is 0 Å². The molecule has 0 aliphatic heterocycles. The van der Waals surface area contributed by atoms with E-state index in [9.17, 15) is 37.8 Å². The minimum atomic E-state index is -4.39. The Morgan fingerprint density at radius 1 is 0.567 bits per heavy atom. The number of rotatable bonds is 12. The van der Waals surface area contributed by atoms with Crippen LogP contribution in [0.4, 0.5) is 0 Å². The third kappa shape index (κ3) is 13.7. The fourth-order valence-electron chi connectivity index (χ4n) is 1.50. The molecule has 0 aliphatic rings. The first kappa shape index (κ1) is 38.5. The second kappa shape index (κ2) is 16.8. The Morgan fingerprint density at radius 3 is 0.800 bits per heavy atom. The first-order chi connectivity index (χ1) is 12.6. The van der Waals surface area contributed by atoms with Crippen molar-refractivity contribution < 1.29 is 77.0 Å². The SMILES string of the molecule is CCOP(=O)([O-])C(C)P(=O)([O-])OCC.CCOP(=O)([O-])C(C)P(=O)([O-])OCC.N.[Pt+2]. The molecule has 0 saturated heterocycles. The predicted octanol–water partition coefficient (Wildman–Crippen LogP) is 1.18. The molecule has 0 bridgehead atoms. The van der Waals surface area contributed by atoms with Gasteiger partial charge in [-0.1, -0.05) is 0 Å². The van der Waals surface area contributed by atoms with Crippen molar-refractivity contribution in [3.63, 3.8) is 0 Å². The molecule has 13 nitrogen and oxygen atoms in total. The van der Waals surface area contributed by atoms with E-state index < -0.39 is 41.2 Å². The van der Waals surface area contributed by atoms with E-state index in [1.807, 2.05) is 0 Å². The average molecular weight is 700 g/mol. The van der Waals surface area contributed by atoms with Crippen LogP contribution < -0.4 is 25.7 Å². The van der Waals surface area contributed by atoms with Crippen molar-refractivity contribution in [1.82, 2.24) is 6.15 Å². The van der Waals surface area contributed by atoms with E-state index in [4.69, 9.17) is 0 Å². The third-order valence-electron chi connectivity index (χ3n) is 3.07. The molecule has 0 aromatic rings. The smallest absolute Gasteiger partial charge is 0.778 e. The van der Waals surface area contributed by atoms with Gasteiger partial charge < -0.3 is 62.1 Å². The van der Waals surface area contributed by atoms with Crippen molar-refractivity contribution in [2.75, 3.05) is 26.4 Å². The Bertz CT molecular complexity index is 545. The molecule has 0 spiro atoms. The van der Waals surface area contributed by atoms with Gasteiger partial charge in [-0.2, -0.15) is 0 Å². The minimum absolute atomic E-state index is 0. The Kier molecular flexibility index (Phi) is 21.6. The zero-order valence-corrected chi connectivity index (χ0v) is 23.5. The molecule has 4 atom stereocenters. The van der Waals surface area contributed by atoms with E-state index in [2.05, 4.69) is 18.1 Å². The summed E-state index contributed by atoms with van der Waals surface area (Å²) in [7, 11) is -17.5. The Balaban J connectivity index is -0.000000211. The summed E-state index contributed by atoms with van der Waals surface area (Å²) in [5.74, 6) is 0. The number of hydrogen-bond donors (Lipinski definition) is 1. The van der Waals surface area contributed by atoms with Crippen LogP contribution in [-0.4, -0.2) is 37.2 Å². The molecule has 0 fully saturated rings. The van der Waals surface area contributed by atoms with Gasteiger partial charge in [0.05, 0.1) is 37.2 Å². The zero-order chi connectivity index (χ0) is 22.8. The third-order valence-corrected chi connectivity index (χ3v) is 12.6. The van der Waals surface area contributed by atoms with Crippen molar-refractivity contribution in [2.24, 2.45) is 0 Å². The summed E-state index contributed by atoms with van der Waals surface area (Å²) in [6.45, 7) is 7.59. The molecule has 188 valence electrons. The second-order valence-electron chi connectivity index (χ2n) is 5.09. The van der Waals surface area contributed by atoms with Crippen LogP contribution in [-0.2, 0) is 57.4 Å². The van der Waals surface area contributed by atoms with E-state index in [1.165, 1.54) is 27.7 Å². The summed E-state index contributed by atoms with van der Waals surface area (Å²) in [4.78, 5) is 44.8. The Labute approximate surface area is 192 Å². The molecule has 18 heteroatoms. The summed E-state index contributed by atoms with van der Waals surface area (Å²) in [6.07, 6.45) is 0. The molecule has 0 aromatic heterocycles. The van der Waals surface area contributed by atoms with Gasteiger partial charge in [0.2, 0.25) is 0 Å². The van der Waals surface area contributed by atoms with Gasteiger partial charge in [-0.15, -0.1) is 0 Å². The maximum absolute atomic E-state index is 11.2. The van der Waals surface area contributed by atoms with Crippen LogP contribution in [0.3, 0.4) is 0 Å². The Morgan fingerprint density at radius 2 is 0.700 bits per heavy atom. The standard InChI is InChI=1S/2C6H16O6P2.H3N.Pt/c2*1-4-11-13(7,8)6(3)14(9,10)12-5-2;;/h2*6H,4-5H2,1-3H3,(H,7,8)(H,9,10);1H3;/q;;;+2/p-4. The maximum atomic E-state index is 11.2. The molecular formula is C12H31NO12P4Pt-2. The van der Waals surface area contributed by atoms with Crippen LogP contribution in [0.25, 0.3) is 0 Å². The first-order valence-corrected chi connectivity index (χ1v) is 14.8. The molecule has 0 rings (SSSR count). The van der Waals surface area contributed by atoms with Gasteiger partial charge in [0.1, 0.15) is 30.4 Å². The van der Waals surface area contributed by atoms with E-state index in [0.29, 0.717) is 0 Å².